The second-order valence-corrected chi connectivity index (χ2v) is 7.55. The van der Waals surface area contributed by atoms with E-state index in [1.165, 1.54) is 18.3 Å². The van der Waals surface area contributed by atoms with Gasteiger partial charge >= 0.3 is 0 Å². The first kappa shape index (κ1) is 18.0. The average Bonchev–Trinajstić information content (AvgIpc) is 3.34. The first-order chi connectivity index (χ1) is 13.1. The summed E-state index contributed by atoms with van der Waals surface area (Å²) in [5.41, 5.74) is 0.466. The lowest BCUT2D eigenvalue weighted by Crippen LogP contribution is -2.27. The van der Waals surface area contributed by atoms with E-state index in [2.05, 4.69) is 15.2 Å². The molecule has 0 radical (unpaired) electrons. The number of hydrogen-bond acceptors (Lipinski definition) is 4. The van der Waals surface area contributed by atoms with E-state index in [0.29, 0.717) is 28.9 Å². The maximum absolute atomic E-state index is 13.2. The number of amides is 1. The van der Waals surface area contributed by atoms with Crippen molar-refractivity contribution in [3.63, 3.8) is 0 Å². The van der Waals surface area contributed by atoms with Gasteiger partial charge in [0.15, 0.2) is 0 Å². The van der Waals surface area contributed by atoms with Crippen molar-refractivity contribution in [3.8, 4) is 5.75 Å². The Morgan fingerprint density at radius 2 is 2.19 bits per heavy atom. The molecule has 4 rings (SSSR count). The summed E-state index contributed by atoms with van der Waals surface area (Å²) in [6, 6.07) is 8.21. The highest BCUT2D eigenvalue weighted by Crippen LogP contribution is 2.27. The fourth-order valence-electron chi connectivity index (χ4n) is 3.21. The smallest absolute Gasteiger partial charge is 0.253 e. The van der Waals surface area contributed by atoms with Crippen LogP contribution in [0.1, 0.15) is 29.6 Å². The second-order valence-electron chi connectivity index (χ2n) is 7.14. The molecule has 1 aliphatic heterocycles. The van der Waals surface area contributed by atoms with Crippen molar-refractivity contribution >= 4 is 23.3 Å². The zero-order valence-corrected chi connectivity index (χ0v) is 15.6. The monoisotopic (exact) mass is 389 g/mol. The number of carbonyl (C=O) groups excluding carboxylic acids is 1. The normalized spacial score (nSPS) is 19.2. The Bertz CT molecular complexity index is 844. The van der Waals surface area contributed by atoms with Crippen molar-refractivity contribution in [1.29, 1.82) is 0 Å². The van der Waals surface area contributed by atoms with Gasteiger partial charge in [0.25, 0.3) is 5.91 Å². The Morgan fingerprint density at radius 1 is 1.33 bits per heavy atom. The average molecular weight is 390 g/mol. The highest BCUT2D eigenvalue weighted by Gasteiger charge is 2.27. The van der Waals surface area contributed by atoms with Gasteiger partial charge in [0.1, 0.15) is 17.4 Å². The van der Waals surface area contributed by atoms with Crippen molar-refractivity contribution in [2.45, 2.75) is 25.3 Å². The number of benzene rings is 1. The molecule has 1 saturated carbocycles. The minimum absolute atomic E-state index is 0.142. The fraction of sp³-hybridized carbons (Fsp3) is 0.400. The molecule has 5 nitrogen and oxygen atoms in total. The summed E-state index contributed by atoms with van der Waals surface area (Å²) >= 11 is 6.17. The van der Waals surface area contributed by atoms with Crippen LogP contribution in [0.15, 0.2) is 36.5 Å². The van der Waals surface area contributed by atoms with Gasteiger partial charge in [-0.3, -0.25) is 4.79 Å². The molecule has 1 unspecified atom stereocenters. The van der Waals surface area contributed by atoms with Crippen molar-refractivity contribution in [3.05, 3.63) is 52.9 Å². The summed E-state index contributed by atoms with van der Waals surface area (Å²) in [7, 11) is 0. The van der Waals surface area contributed by atoms with Crippen LogP contribution >= 0.6 is 11.6 Å². The lowest BCUT2D eigenvalue weighted by molar-refractivity contribution is 0.0951. The summed E-state index contributed by atoms with van der Waals surface area (Å²) < 4.78 is 18.9. The molecule has 1 atom stereocenters. The maximum atomic E-state index is 13.2. The van der Waals surface area contributed by atoms with E-state index < -0.39 is 0 Å². The van der Waals surface area contributed by atoms with Crippen molar-refractivity contribution < 1.29 is 13.9 Å². The first-order valence-electron chi connectivity index (χ1n) is 9.18. The SMILES string of the molecule is O=C(NC1CC1)c1cc(N2CCC(COc3cccc(F)c3)C2)ncc1Cl. The predicted molar refractivity (Wildman–Crippen MR) is 102 cm³/mol. The van der Waals surface area contributed by atoms with Crippen LogP contribution in [-0.2, 0) is 0 Å². The number of rotatable bonds is 6. The number of halogens is 2. The van der Waals surface area contributed by atoms with Crippen molar-refractivity contribution in [2.75, 3.05) is 24.6 Å². The second kappa shape index (κ2) is 7.72. The van der Waals surface area contributed by atoms with Gasteiger partial charge < -0.3 is 15.0 Å². The summed E-state index contributed by atoms with van der Waals surface area (Å²) in [5, 5.41) is 3.32. The lowest BCUT2D eigenvalue weighted by atomic mass is 10.1. The topological polar surface area (TPSA) is 54.5 Å². The van der Waals surface area contributed by atoms with Crippen LogP contribution in [0, 0.1) is 11.7 Å². The van der Waals surface area contributed by atoms with E-state index in [0.717, 1.165) is 38.2 Å². The van der Waals surface area contributed by atoms with Crippen LogP contribution in [0.3, 0.4) is 0 Å². The molecule has 1 aromatic carbocycles. The third-order valence-electron chi connectivity index (χ3n) is 4.89. The molecule has 2 aromatic rings. The van der Waals surface area contributed by atoms with Gasteiger partial charge in [-0.25, -0.2) is 9.37 Å². The van der Waals surface area contributed by atoms with E-state index >= 15 is 0 Å². The fourth-order valence-corrected chi connectivity index (χ4v) is 3.40. The Balaban J connectivity index is 1.37. The molecule has 7 heteroatoms. The third kappa shape index (κ3) is 4.50. The molecule has 1 saturated heterocycles. The molecule has 1 aromatic heterocycles. The molecule has 1 N–H and O–H groups in total. The largest absolute Gasteiger partial charge is 0.493 e. The van der Waals surface area contributed by atoms with Crippen LogP contribution < -0.4 is 15.0 Å². The number of aromatic nitrogens is 1. The molecule has 2 heterocycles. The zero-order chi connectivity index (χ0) is 18.8. The number of pyridine rings is 1. The molecule has 0 spiro atoms. The Kier molecular flexibility index (Phi) is 5.16. The Labute approximate surface area is 162 Å². The van der Waals surface area contributed by atoms with Crippen molar-refractivity contribution in [2.24, 2.45) is 5.92 Å². The summed E-state index contributed by atoms with van der Waals surface area (Å²) in [5.74, 6) is 1.15. The van der Waals surface area contributed by atoms with E-state index in [1.54, 1.807) is 18.2 Å². The van der Waals surface area contributed by atoms with E-state index in [9.17, 15) is 9.18 Å². The number of nitrogens with zero attached hydrogens (tertiary/aromatic N) is 2. The van der Waals surface area contributed by atoms with Gasteiger partial charge in [0.2, 0.25) is 0 Å². The van der Waals surface area contributed by atoms with E-state index in [-0.39, 0.29) is 17.8 Å². The molecule has 2 fully saturated rings. The van der Waals surface area contributed by atoms with Gasteiger partial charge in [0, 0.05) is 37.3 Å². The van der Waals surface area contributed by atoms with Crippen LogP contribution in [0.4, 0.5) is 10.2 Å². The number of carbonyl (C=O) groups is 1. The number of hydrogen-bond donors (Lipinski definition) is 1. The number of ether oxygens (including phenoxy) is 1. The molecular weight excluding hydrogens is 369 g/mol. The highest BCUT2D eigenvalue weighted by atomic mass is 35.5. The molecule has 27 heavy (non-hydrogen) atoms. The van der Waals surface area contributed by atoms with Gasteiger partial charge in [-0.05, 0) is 37.5 Å². The first-order valence-corrected chi connectivity index (χ1v) is 9.56. The van der Waals surface area contributed by atoms with Crippen LogP contribution in [-0.4, -0.2) is 36.6 Å². The Hall–Kier alpha value is -2.34. The molecule has 1 aliphatic carbocycles. The van der Waals surface area contributed by atoms with Gasteiger partial charge in [-0.2, -0.15) is 0 Å². The minimum atomic E-state index is -0.303. The minimum Gasteiger partial charge on any atom is -0.493 e. The Morgan fingerprint density at radius 3 is 2.96 bits per heavy atom. The predicted octanol–water partition coefficient (Wildman–Crippen LogP) is 3.67. The van der Waals surface area contributed by atoms with Crippen LogP contribution in [0.5, 0.6) is 5.75 Å². The highest BCUT2D eigenvalue weighted by molar-refractivity contribution is 6.33. The van der Waals surface area contributed by atoms with E-state index in [1.807, 2.05) is 0 Å². The molecule has 2 aliphatic rings. The summed E-state index contributed by atoms with van der Waals surface area (Å²) in [6.07, 6.45) is 4.54. The van der Waals surface area contributed by atoms with Gasteiger partial charge in [-0.15, -0.1) is 0 Å². The maximum Gasteiger partial charge on any atom is 0.253 e. The number of nitrogens with one attached hydrogen (secondary N) is 1. The van der Waals surface area contributed by atoms with Gasteiger partial charge in [-0.1, -0.05) is 17.7 Å². The molecule has 142 valence electrons. The third-order valence-corrected chi connectivity index (χ3v) is 5.19. The molecule has 0 bridgehead atoms. The summed E-state index contributed by atoms with van der Waals surface area (Å²) in [4.78, 5) is 18.9. The van der Waals surface area contributed by atoms with E-state index in [4.69, 9.17) is 16.3 Å². The lowest BCUT2D eigenvalue weighted by Gasteiger charge is -2.19. The standard InChI is InChI=1S/C20H21ClFN3O2/c21-18-10-23-19(9-17(18)20(26)24-15-4-5-15)25-7-6-13(11-25)12-27-16-3-1-2-14(22)8-16/h1-3,8-10,13,15H,4-7,11-12H2,(H,24,26). The molecular formula is C20H21ClFN3O2. The molecule has 1 amide bonds. The van der Waals surface area contributed by atoms with Crippen LogP contribution in [0.2, 0.25) is 5.02 Å². The zero-order valence-electron chi connectivity index (χ0n) is 14.8. The van der Waals surface area contributed by atoms with Crippen LogP contribution in [0.25, 0.3) is 0 Å². The number of anilines is 1. The van der Waals surface area contributed by atoms with Crippen molar-refractivity contribution in [1.82, 2.24) is 10.3 Å². The summed E-state index contributed by atoms with van der Waals surface area (Å²) in [6.45, 7) is 2.12. The van der Waals surface area contributed by atoms with Gasteiger partial charge in [0.05, 0.1) is 17.2 Å². The quantitative estimate of drug-likeness (QED) is 0.819.